The van der Waals surface area contributed by atoms with Gasteiger partial charge in [-0.25, -0.2) is 9.78 Å². The number of aryl methyl sites for hydroxylation is 1. The number of pyridine rings is 1. The number of hydrogen-bond acceptors (Lipinski definition) is 5. The minimum absolute atomic E-state index is 0.151. The lowest BCUT2D eigenvalue weighted by Gasteiger charge is -2.35. The maximum absolute atomic E-state index is 13.0. The first-order valence-electron chi connectivity index (χ1n) is 10.7. The van der Waals surface area contributed by atoms with E-state index in [2.05, 4.69) is 25.3 Å². The molecule has 1 aliphatic rings. The molecule has 3 heterocycles. The Kier molecular flexibility index (Phi) is 6.80. The van der Waals surface area contributed by atoms with E-state index in [1.807, 2.05) is 18.2 Å². The van der Waals surface area contributed by atoms with Crippen molar-refractivity contribution in [3.63, 3.8) is 0 Å². The topological polar surface area (TPSA) is 91.7 Å². The summed E-state index contributed by atoms with van der Waals surface area (Å²) < 4.78 is 42.2. The molecule has 1 aromatic carbocycles. The number of nitrogens with zero attached hydrogens (tertiary/aromatic N) is 4. The minimum atomic E-state index is -4.79. The Morgan fingerprint density at radius 3 is 2.29 bits per heavy atom. The van der Waals surface area contributed by atoms with Crippen LogP contribution in [0.25, 0.3) is 0 Å². The highest BCUT2D eigenvalue weighted by atomic mass is 19.4. The number of aromatic nitrogens is 2. The molecule has 0 spiro atoms. The van der Waals surface area contributed by atoms with E-state index in [1.165, 1.54) is 12.1 Å². The Bertz CT molecular complexity index is 1170. The molecule has 3 aromatic rings. The molecule has 4 rings (SSSR count). The second-order valence-corrected chi connectivity index (χ2v) is 7.84. The fraction of sp³-hybridized carbons (Fsp3) is 0.261. The summed E-state index contributed by atoms with van der Waals surface area (Å²) in [6, 6.07) is 11.4. The Morgan fingerprint density at radius 1 is 0.971 bits per heavy atom. The van der Waals surface area contributed by atoms with Crippen molar-refractivity contribution in [2.24, 2.45) is 7.05 Å². The number of carbonyl (C=O) groups is 2. The number of halogens is 3. The normalized spacial score (nSPS) is 13.9. The van der Waals surface area contributed by atoms with E-state index < -0.39 is 18.1 Å². The number of rotatable bonds is 5. The maximum Gasteiger partial charge on any atom is 0.573 e. The van der Waals surface area contributed by atoms with Crippen LogP contribution in [-0.2, 0) is 7.05 Å². The number of amides is 3. The molecule has 0 saturated carbocycles. The van der Waals surface area contributed by atoms with Crippen LogP contribution in [0.3, 0.4) is 0 Å². The number of benzene rings is 1. The zero-order valence-electron chi connectivity index (χ0n) is 18.7. The van der Waals surface area contributed by atoms with Gasteiger partial charge < -0.3 is 29.7 Å². The van der Waals surface area contributed by atoms with Crippen LogP contribution >= 0.6 is 0 Å². The third-order valence-corrected chi connectivity index (χ3v) is 5.37. The molecule has 184 valence electrons. The van der Waals surface area contributed by atoms with Crippen molar-refractivity contribution in [2.75, 3.05) is 41.7 Å². The van der Waals surface area contributed by atoms with E-state index in [-0.39, 0.29) is 11.6 Å². The monoisotopic (exact) mass is 488 g/mol. The molecule has 3 amide bonds. The van der Waals surface area contributed by atoms with E-state index in [0.717, 1.165) is 18.0 Å². The smallest absolute Gasteiger partial charge is 0.406 e. The van der Waals surface area contributed by atoms with E-state index in [9.17, 15) is 22.8 Å². The molecule has 2 N–H and O–H groups in total. The van der Waals surface area contributed by atoms with Gasteiger partial charge in [-0.05, 0) is 42.5 Å². The number of piperazine rings is 1. The second kappa shape index (κ2) is 9.95. The van der Waals surface area contributed by atoms with Crippen molar-refractivity contribution < 1.29 is 27.5 Å². The maximum atomic E-state index is 13.0. The summed E-state index contributed by atoms with van der Waals surface area (Å²) in [5.41, 5.74) is 1.09. The third-order valence-electron chi connectivity index (χ3n) is 5.37. The summed E-state index contributed by atoms with van der Waals surface area (Å²) in [4.78, 5) is 33.6. The van der Waals surface area contributed by atoms with Crippen molar-refractivity contribution in [2.45, 2.75) is 6.36 Å². The van der Waals surface area contributed by atoms with E-state index >= 15 is 0 Å². The van der Waals surface area contributed by atoms with Crippen LogP contribution in [0.1, 0.15) is 10.5 Å². The zero-order valence-corrected chi connectivity index (χ0v) is 18.7. The largest absolute Gasteiger partial charge is 0.573 e. The summed E-state index contributed by atoms with van der Waals surface area (Å²) >= 11 is 0. The standard InChI is InChI=1S/C23H23F3N6O3/c1-30-15-17(29-22(34)28-16-5-7-18(8-6-16)35-23(24,25)26)14-19(30)21(33)32-12-10-31(11-13-32)20-4-2-3-9-27-20/h2-9,14-15H,10-13H2,1H3,(H2,28,29,34). The molecule has 0 bridgehead atoms. The first-order valence-corrected chi connectivity index (χ1v) is 10.7. The number of anilines is 3. The van der Waals surface area contributed by atoms with Crippen molar-refractivity contribution in [3.8, 4) is 5.75 Å². The third kappa shape index (κ3) is 6.22. The summed E-state index contributed by atoms with van der Waals surface area (Å²) in [5, 5.41) is 5.14. The van der Waals surface area contributed by atoms with E-state index in [4.69, 9.17) is 0 Å². The average molecular weight is 488 g/mol. The molecule has 9 nitrogen and oxygen atoms in total. The van der Waals surface area contributed by atoms with Gasteiger partial charge in [0.15, 0.2) is 0 Å². The molecule has 1 saturated heterocycles. The lowest BCUT2D eigenvalue weighted by atomic mass is 10.2. The molecule has 0 unspecified atom stereocenters. The number of urea groups is 1. The lowest BCUT2D eigenvalue weighted by molar-refractivity contribution is -0.274. The second-order valence-electron chi connectivity index (χ2n) is 7.84. The van der Waals surface area contributed by atoms with Crippen LogP contribution in [0.15, 0.2) is 60.9 Å². The summed E-state index contributed by atoms with van der Waals surface area (Å²) in [5.74, 6) is 0.330. The van der Waals surface area contributed by atoms with Crippen LogP contribution in [0.2, 0.25) is 0 Å². The molecular weight excluding hydrogens is 465 g/mol. The SMILES string of the molecule is Cn1cc(NC(=O)Nc2ccc(OC(F)(F)F)cc2)cc1C(=O)N1CCN(c2ccccn2)CC1. The van der Waals surface area contributed by atoms with Crippen molar-refractivity contribution in [1.82, 2.24) is 14.5 Å². The van der Waals surface area contributed by atoms with E-state index in [1.54, 1.807) is 35.0 Å². The Hall–Kier alpha value is -4.22. The van der Waals surface area contributed by atoms with Gasteiger partial charge in [0.05, 0.1) is 5.69 Å². The molecule has 2 aromatic heterocycles. The Morgan fingerprint density at radius 2 is 1.66 bits per heavy atom. The van der Waals surface area contributed by atoms with Gasteiger partial charge >= 0.3 is 12.4 Å². The van der Waals surface area contributed by atoms with Crippen LogP contribution in [-0.4, -0.2) is 58.9 Å². The highest BCUT2D eigenvalue weighted by Crippen LogP contribution is 2.24. The summed E-state index contributed by atoms with van der Waals surface area (Å²) in [6.45, 7) is 2.40. The van der Waals surface area contributed by atoms with Gasteiger partial charge in [0.25, 0.3) is 5.91 Å². The summed E-state index contributed by atoms with van der Waals surface area (Å²) in [6.07, 6.45) is -1.45. The molecule has 0 radical (unpaired) electrons. The first-order chi connectivity index (χ1) is 16.7. The van der Waals surface area contributed by atoms with Crippen molar-refractivity contribution >= 4 is 29.1 Å². The number of hydrogen-bond donors (Lipinski definition) is 2. The first kappa shape index (κ1) is 23.9. The Balaban J connectivity index is 1.32. The molecule has 1 fully saturated rings. The van der Waals surface area contributed by atoms with Gasteiger partial charge in [-0.15, -0.1) is 13.2 Å². The predicted octanol–water partition coefficient (Wildman–Crippen LogP) is 3.93. The predicted molar refractivity (Wildman–Crippen MR) is 124 cm³/mol. The Labute approximate surface area is 199 Å². The number of carbonyl (C=O) groups excluding carboxylic acids is 2. The van der Waals surface area contributed by atoms with Crippen LogP contribution < -0.4 is 20.3 Å². The fourth-order valence-electron chi connectivity index (χ4n) is 3.72. The van der Waals surface area contributed by atoms with Gasteiger partial charge in [0, 0.05) is 51.3 Å². The van der Waals surface area contributed by atoms with Gasteiger partial charge in [0.2, 0.25) is 0 Å². The molecular formula is C23H23F3N6O3. The molecule has 12 heteroatoms. The molecule has 0 atom stereocenters. The van der Waals surface area contributed by atoms with Crippen LogP contribution in [0.4, 0.5) is 35.2 Å². The van der Waals surface area contributed by atoms with Gasteiger partial charge in [-0.3, -0.25) is 4.79 Å². The number of alkyl halides is 3. The van der Waals surface area contributed by atoms with Gasteiger partial charge in [-0.1, -0.05) is 6.07 Å². The van der Waals surface area contributed by atoms with Gasteiger partial charge in [-0.2, -0.15) is 0 Å². The van der Waals surface area contributed by atoms with Crippen LogP contribution in [0, 0.1) is 0 Å². The highest BCUT2D eigenvalue weighted by molar-refractivity contribution is 6.01. The lowest BCUT2D eigenvalue weighted by Crippen LogP contribution is -2.49. The average Bonchev–Trinajstić information content (AvgIpc) is 3.19. The molecule has 1 aliphatic heterocycles. The zero-order chi connectivity index (χ0) is 25.0. The number of ether oxygens (including phenoxy) is 1. The van der Waals surface area contributed by atoms with Crippen molar-refractivity contribution in [1.29, 1.82) is 0 Å². The van der Waals surface area contributed by atoms with Crippen molar-refractivity contribution in [3.05, 3.63) is 66.6 Å². The summed E-state index contributed by atoms with van der Waals surface area (Å²) in [7, 11) is 1.71. The van der Waals surface area contributed by atoms with E-state index in [0.29, 0.717) is 37.6 Å². The quantitative estimate of drug-likeness (QED) is 0.568. The highest BCUT2D eigenvalue weighted by Gasteiger charge is 2.31. The fourth-order valence-corrected chi connectivity index (χ4v) is 3.72. The minimum Gasteiger partial charge on any atom is -0.406 e. The number of nitrogens with one attached hydrogen (secondary N) is 2. The van der Waals surface area contributed by atoms with Crippen LogP contribution in [0.5, 0.6) is 5.75 Å². The molecule has 35 heavy (non-hydrogen) atoms. The van der Waals surface area contributed by atoms with Gasteiger partial charge in [0.1, 0.15) is 17.3 Å². The molecule has 0 aliphatic carbocycles.